The topological polar surface area (TPSA) is 37.3 Å². The van der Waals surface area contributed by atoms with Crippen molar-refractivity contribution in [1.29, 1.82) is 0 Å². The number of unbranched alkanes of at least 4 members (excludes halogenated alkanes) is 18. The van der Waals surface area contributed by atoms with Gasteiger partial charge in [-0.05, 0) is 6.42 Å². The van der Waals surface area contributed by atoms with Crippen LogP contribution < -0.4 is 0 Å². The van der Waals surface area contributed by atoms with Crippen LogP contribution in [0.4, 0.5) is 0 Å². The summed E-state index contributed by atoms with van der Waals surface area (Å²) in [4.78, 5) is 10.4. The first-order valence-electron chi connectivity index (χ1n) is 11.0. The molecule has 0 aliphatic carbocycles. The van der Waals surface area contributed by atoms with Crippen molar-refractivity contribution in [3.05, 3.63) is 0 Å². The van der Waals surface area contributed by atoms with Gasteiger partial charge in [-0.15, -0.1) is 0 Å². The molecule has 0 saturated carbocycles. The van der Waals surface area contributed by atoms with Crippen LogP contribution in [0.25, 0.3) is 0 Å². The molecule has 0 heterocycles. The van der Waals surface area contributed by atoms with Crippen molar-refractivity contribution in [3.8, 4) is 0 Å². The fraction of sp³-hybridized carbons (Fsp3) is 0.955. The molecule has 0 unspecified atom stereocenters. The van der Waals surface area contributed by atoms with E-state index in [1.165, 1.54) is 109 Å². The second kappa shape index (κ2) is 28.7. The van der Waals surface area contributed by atoms with Crippen LogP contribution in [-0.4, -0.2) is 48.8 Å². The summed E-state index contributed by atoms with van der Waals surface area (Å²) in [5.74, 6) is -0.651. The molecule has 1 radical (unpaired) electrons. The zero-order chi connectivity index (χ0) is 17.7. The third-order valence-electron chi connectivity index (χ3n) is 4.99. The molecule has 2 nitrogen and oxygen atoms in total. The Hall–Kier alpha value is 1.47. The summed E-state index contributed by atoms with van der Waals surface area (Å²) in [6.45, 7) is 2.28. The van der Waals surface area contributed by atoms with Crippen LogP contribution in [0.1, 0.15) is 135 Å². The van der Waals surface area contributed by atoms with E-state index in [1.807, 2.05) is 0 Å². The Labute approximate surface area is 209 Å². The number of carbonyl (C=O) groups is 1. The van der Waals surface area contributed by atoms with Crippen molar-refractivity contribution in [2.24, 2.45) is 0 Å². The summed E-state index contributed by atoms with van der Waals surface area (Å²) in [5.41, 5.74) is 0. The van der Waals surface area contributed by atoms with Crippen molar-refractivity contribution in [2.75, 3.05) is 0 Å². The summed E-state index contributed by atoms with van der Waals surface area (Å²) in [7, 11) is 0. The number of carboxylic acids is 1. The monoisotopic (exact) mass is 489 g/mol. The first-order chi connectivity index (χ1) is 11.8. The standard InChI is InChI=1S/C22H44O2.Ag.Ca.2H/c1-2-3-4-5-6-7-8-9-10-11-12-13-14-15-16-17-18-19-20-21-22(23)24;;;;/h2-21H2,1H3,(H,23,24);;;;. The molecule has 0 spiro atoms. The zero-order valence-corrected chi connectivity index (χ0v) is 18.3. The number of aliphatic carboxylic acids is 1. The van der Waals surface area contributed by atoms with Crippen LogP contribution in [0.15, 0.2) is 0 Å². The summed E-state index contributed by atoms with van der Waals surface area (Å²) < 4.78 is 0. The molecule has 1 N–H and O–H groups in total. The molecular formula is C22H46AgCaO2. The van der Waals surface area contributed by atoms with Gasteiger partial charge in [0.15, 0.2) is 0 Å². The van der Waals surface area contributed by atoms with Gasteiger partial charge in [0.25, 0.3) is 0 Å². The van der Waals surface area contributed by atoms with Crippen molar-refractivity contribution >= 4 is 43.7 Å². The number of rotatable bonds is 20. The number of carboxylic acid groups (broad SMARTS) is 1. The zero-order valence-electron chi connectivity index (χ0n) is 16.8. The van der Waals surface area contributed by atoms with E-state index in [-0.39, 0.29) is 60.1 Å². The molecule has 0 aliphatic rings. The van der Waals surface area contributed by atoms with Crippen LogP contribution in [0.2, 0.25) is 0 Å². The van der Waals surface area contributed by atoms with Gasteiger partial charge in [0.1, 0.15) is 0 Å². The van der Waals surface area contributed by atoms with Crippen molar-refractivity contribution < 1.29 is 32.3 Å². The van der Waals surface area contributed by atoms with Crippen LogP contribution in [-0.2, 0) is 27.2 Å². The minimum atomic E-state index is -0.651. The van der Waals surface area contributed by atoms with E-state index in [1.54, 1.807) is 0 Å². The molecule has 0 aromatic heterocycles. The molecule has 0 fully saturated rings. The fourth-order valence-electron chi connectivity index (χ4n) is 3.35. The van der Waals surface area contributed by atoms with Gasteiger partial charge in [-0.1, -0.05) is 122 Å². The van der Waals surface area contributed by atoms with Gasteiger partial charge in [0.2, 0.25) is 0 Å². The molecule has 26 heavy (non-hydrogen) atoms. The van der Waals surface area contributed by atoms with Gasteiger partial charge in [0, 0.05) is 28.8 Å². The molecule has 4 heteroatoms. The van der Waals surface area contributed by atoms with Crippen LogP contribution in [0.3, 0.4) is 0 Å². The average Bonchev–Trinajstić information content (AvgIpc) is 2.56. The molecule has 0 amide bonds. The van der Waals surface area contributed by atoms with E-state index in [0.717, 1.165) is 12.8 Å². The van der Waals surface area contributed by atoms with Gasteiger partial charge in [-0.2, -0.15) is 0 Å². The first-order valence-corrected chi connectivity index (χ1v) is 11.0. The Morgan fingerprint density at radius 2 is 0.769 bits per heavy atom. The van der Waals surface area contributed by atoms with E-state index in [4.69, 9.17) is 5.11 Å². The summed E-state index contributed by atoms with van der Waals surface area (Å²) in [6, 6.07) is 0. The summed E-state index contributed by atoms with van der Waals surface area (Å²) in [5, 5.41) is 8.56. The van der Waals surface area contributed by atoms with Crippen LogP contribution >= 0.6 is 0 Å². The quantitative estimate of drug-likeness (QED) is 0.148. The molecule has 0 bridgehead atoms. The van der Waals surface area contributed by atoms with Crippen LogP contribution in [0, 0.1) is 0 Å². The maximum absolute atomic E-state index is 10.4. The van der Waals surface area contributed by atoms with Gasteiger partial charge < -0.3 is 5.11 Å². The Bertz CT molecular complexity index is 263. The summed E-state index contributed by atoms with van der Waals surface area (Å²) >= 11 is 0. The van der Waals surface area contributed by atoms with Gasteiger partial charge >= 0.3 is 43.7 Å². The Balaban J connectivity index is -0.00000264. The predicted molar refractivity (Wildman–Crippen MR) is 114 cm³/mol. The first kappa shape index (κ1) is 32.1. The third kappa shape index (κ3) is 30.2. The van der Waals surface area contributed by atoms with Crippen molar-refractivity contribution in [1.82, 2.24) is 0 Å². The van der Waals surface area contributed by atoms with Gasteiger partial charge in [-0.3, -0.25) is 4.79 Å². The van der Waals surface area contributed by atoms with E-state index in [0.29, 0.717) is 6.42 Å². The predicted octanol–water partition coefficient (Wildman–Crippen LogP) is 6.97. The molecule has 0 aliphatic heterocycles. The van der Waals surface area contributed by atoms with E-state index in [9.17, 15) is 4.79 Å². The minimum absolute atomic E-state index is 0. The number of hydrogen-bond acceptors (Lipinski definition) is 1. The maximum atomic E-state index is 10.4. The van der Waals surface area contributed by atoms with Gasteiger partial charge in [-0.25, -0.2) is 0 Å². The molecule has 0 rings (SSSR count). The summed E-state index contributed by atoms with van der Waals surface area (Å²) in [6.07, 6.45) is 26.1. The molecular weight excluding hydrogens is 444 g/mol. The van der Waals surface area contributed by atoms with Crippen LogP contribution in [0.5, 0.6) is 0 Å². The van der Waals surface area contributed by atoms with Crippen molar-refractivity contribution in [3.63, 3.8) is 0 Å². The molecule has 0 saturated heterocycles. The molecule has 0 aromatic rings. The molecule has 159 valence electrons. The van der Waals surface area contributed by atoms with Gasteiger partial charge in [0.05, 0.1) is 0 Å². The second-order valence-electron chi connectivity index (χ2n) is 7.51. The third-order valence-corrected chi connectivity index (χ3v) is 4.99. The fourth-order valence-corrected chi connectivity index (χ4v) is 3.35. The van der Waals surface area contributed by atoms with E-state index >= 15 is 0 Å². The SMILES string of the molecule is CCCCCCCCCCCCCCCCCCCCCC(=O)O.[Ag].[CaH2]. The van der Waals surface area contributed by atoms with E-state index < -0.39 is 5.97 Å². The van der Waals surface area contributed by atoms with E-state index in [2.05, 4.69) is 6.92 Å². The molecule has 0 atom stereocenters. The normalized spacial score (nSPS) is 10.2. The Kier molecular flexibility index (Phi) is 35.5. The van der Waals surface area contributed by atoms with Crippen molar-refractivity contribution in [2.45, 2.75) is 135 Å². The number of hydrogen-bond donors (Lipinski definition) is 1. The average molecular weight is 491 g/mol. The Morgan fingerprint density at radius 3 is 1.00 bits per heavy atom. The molecule has 0 aromatic carbocycles. The second-order valence-corrected chi connectivity index (χ2v) is 7.51. The Morgan fingerprint density at radius 1 is 0.538 bits per heavy atom.